The standard InChI is InChI=1S/C14H20FN3/c1-14(2)3-4-18(9-14)8-10-5-11(13(16)17)7-12(15)6-10/h5-7H,3-4,8-9H2,1-2H3,(H3,16,17). The molecule has 1 saturated heterocycles. The Morgan fingerprint density at radius 1 is 1.44 bits per heavy atom. The Bertz CT molecular complexity index is 468. The molecule has 0 aliphatic carbocycles. The van der Waals surface area contributed by atoms with E-state index in [2.05, 4.69) is 18.7 Å². The van der Waals surface area contributed by atoms with Gasteiger partial charge in [-0.1, -0.05) is 13.8 Å². The minimum absolute atomic E-state index is 0.0856. The average Bonchev–Trinajstić information content (AvgIpc) is 2.57. The van der Waals surface area contributed by atoms with E-state index in [9.17, 15) is 4.39 Å². The molecule has 18 heavy (non-hydrogen) atoms. The summed E-state index contributed by atoms with van der Waals surface area (Å²) in [4.78, 5) is 2.32. The van der Waals surface area contributed by atoms with Gasteiger partial charge in [0, 0.05) is 18.7 Å². The third-order valence-electron chi connectivity index (χ3n) is 3.43. The summed E-state index contributed by atoms with van der Waals surface area (Å²) in [5.74, 6) is -0.409. The number of nitrogen functional groups attached to an aromatic ring is 1. The Hall–Kier alpha value is -1.42. The lowest BCUT2D eigenvalue weighted by Gasteiger charge is -2.20. The second-order valence-electron chi connectivity index (χ2n) is 5.89. The number of nitrogens with two attached hydrogens (primary N) is 1. The van der Waals surface area contributed by atoms with E-state index >= 15 is 0 Å². The molecule has 3 nitrogen and oxygen atoms in total. The summed E-state index contributed by atoms with van der Waals surface area (Å²) in [6.07, 6.45) is 1.17. The lowest BCUT2D eigenvalue weighted by atomic mass is 9.93. The molecule has 0 amide bonds. The van der Waals surface area contributed by atoms with E-state index in [1.54, 1.807) is 6.07 Å². The van der Waals surface area contributed by atoms with E-state index in [-0.39, 0.29) is 11.7 Å². The summed E-state index contributed by atoms with van der Waals surface area (Å²) in [5.41, 5.74) is 7.10. The summed E-state index contributed by atoms with van der Waals surface area (Å²) in [6, 6.07) is 4.63. The molecule has 0 unspecified atom stereocenters. The van der Waals surface area contributed by atoms with Gasteiger partial charge >= 0.3 is 0 Å². The first kappa shape index (κ1) is 13.0. The van der Waals surface area contributed by atoms with Crippen LogP contribution in [-0.4, -0.2) is 23.8 Å². The molecule has 0 spiro atoms. The summed E-state index contributed by atoms with van der Waals surface area (Å²) >= 11 is 0. The van der Waals surface area contributed by atoms with E-state index in [1.165, 1.54) is 18.6 Å². The highest BCUT2D eigenvalue weighted by atomic mass is 19.1. The number of benzene rings is 1. The molecule has 0 radical (unpaired) electrons. The van der Waals surface area contributed by atoms with Crippen molar-refractivity contribution in [3.8, 4) is 0 Å². The fourth-order valence-electron chi connectivity index (χ4n) is 2.51. The van der Waals surface area contributed by atoms with Crippen molar-refractivity contribution in [2.45, 2.75) is 26.8 Å². The van der Waals surface area contributed by atoms with Crippen LogP contribution in [0.3, 0.4) is 0 Å². The van der Waals surface area contributed by atoms with Crippen LogP contribution in [0.2, 0.25) is 0 Å². The van der Waals surface area contributed by atoms with Gasteiger partial charge in [-0.05, 0) is 42.1 Å². The van der Waals surface area contributed by atoms with Crippen molar-refractivity contribution in [3.05, 3.63) is 35.1 Å². The third-order valence-corrected chi connectivity index (χ3v) is 3.43. The normalized spacial score (nSPS) is 19.1. The average molecular weight is 249 g/mol. The molecule has 4 heteroatoms. The number of amidine groups is 1. The van der Waals surface area contributed by atoms with Gasteiger partial charge in [0.2, 0.25) is 0 Å². The number of likely N-dealkylation sites (tertiary alicyclic amines) is 1. The van der Waals surface area contributed by atoms with Crippen molar-refractivity contribution >= 4 is 5.84 Å². The lowest BCUT2D eigenvalue weighted by Crippen LogP contribution is -2.23. The fraction of sp³-hybridized carbons (Fsp3) is 0.500. The van der Waals surface area contributed by atoms with E-state index in [0.29, 0.717) is 11.0 Å². The SMILES string of the molecule is CC1(C)CCN(Cc2cc(F)cc(C(=N)N)c2)C1. The first-order valence-electron chi connectivity index (χ1n) is 6.22. The molecule has 1 aliphatic heterocycles. The van der Waals surface area contributed by atoms with Crippen LogP contribution in [0.1, 0.15) is 31.4 Å². The summed E-state index contributed by atoms with van der Waals surface area (Å²) in [5, 5.41) is 7.37. The first-order valence-corrected chi connectivity index (χ1v) is 6.22. The third kappa shape index (κ3) is 3.07. The van der Waals surface area contributed by atoms with Crippen molar-refractivity contribution in [3.63, 3.8) is 0 Å². The van der Waals surface area contributed by atoms with Crippen LogP contribution in [0.4, 0.5) is 4.39 Å². The molecule has 2 rings (SSSR count). The topological polar surface area (TPSA) is 53.1 Å². The second-order valence-corrected chi connectivity index (χ2v) is 5.89. The molecular weight excluding hydrogens is 229 g/mol. The largest absolute Gasteiger partial charge is 0.384 e. The zero-order valence-electron chi connectivity index (χ0n) is 11.0. The molecule has 0 saturated carbocycles. The van der Waals surface area contributed by atoms with E-state index in [0.717, 1.165) is 25.2 Å². The van der Waals surface area contributed by atoms with Gasteiger partial charge in [0.25, 0.3) is 0 Å². The quantitative estimate of drug-likeness (QED) is 0.638. The highest BCUT2D eigenvalue weighted by Gasteiger charge is 2.28. The van der Waals surface area contributed by atoms with Crippen molar-refractivity contribution in [1.82, 2.24) is 4.90 Å². The lowest BCUT2D eigenvalue weighted by molar-refractivity contribution is 0.284. The Morgan fingerprint density at radius 3 is 2.72 bits per heavy atom. The number of hydrogen-bond donors (Lipinski definition) is 2. The number of nitrogens with one attached hydrogen (secondary N) is 1. The highest BCUT2D eigenvalue weighted by molar-refractivity contribution is 5.95. The Balaban J connectivity index is 2.12. The maximum absolute atomic E-state index is 13.4. The minimum Gasteiger partial charge on any atom is -0.384 e. The summed E-state index contributed by atoms with van der Waals surface area (Å²) in [6.45, 7) is 7.29. The Kier molecular flexibility index (Phi) is 3.39. The van der Waals surface area contributed by atoms with Crippen molar-refractivity contribution in [2.24, 2.45) is 11.1 Å². The van der Waals surface area contributed by atoms with Gasteiger partial charge in [-0.2, -0.15) is 0 Å². The Labute approximate surface area is 107 Å². The van der Waals surface area contributed by atoms with Crippen LogP contribution >= 0.6 is 0 Å². The maximum Gasteiger partial charge on any atom is 0.124 e. The van der Waals surface area contributed by atoms with Crippen LogP contribution in [0, 0.1) is 16.6 Å². The number of hydrogen-bond acceptors (Lipinski definition) is 2. The van der Waals surface area contributed by atoms with Gasteiger partial charge in [-0.3, -0.25) is 10.3 Å². The van der Waals surface area contributed by atoms with Gasteiger partial charge < -0.3 is 5.73 Å². The molecule has 0 atom stereocenters. The zero-order valence-corrected chi connectivity index (χ0v) is 11.0. The molecule has 0 aromatic heterocycles. The van der Waals surface area contributed by atoms with Crippen molar-refractivity contribution < 1.29 is 4.39 Å². The number of halogens is 1. The molecule has 1 heterocycles. The molecular formula is C14H20FN3. The van der Waals surface area contributed by atoms with Crippen LogP contribution in [-0.2, 0) is 6.54 Å². The number of nitrogens with zero attached hydrogens (tertiary/aromatic N) is 1. The van der Waals surface area contributed by atoms with Crippen molar-refractivity contribution in [1.29, 1.82) is 5.41 Å². The number of rotatable bonds is 3. The summed E-state index contributed by atoms with van der Waals surface area (Å²) < 4.78 is 13.4. The van der Waals surface area contributed by atoms with Crippen molar-refractivity contribution in [2.75, 3.05) is 13.1 Å². The Morgan fingerprint density at radius 2 is 2.17 bits per heavy atom. The first-order chi connectivity index (χ1) is 8.35. The molecule has 1 aromatic carbocycles. The van der Waals surface area contributed by atoms with Crippen LogP contribution in [0.25, 0.3) is 0 Å². The van der Waals surface area contributed by atoms with E-state index in [1.807, 2.05) is 0 Å². The minimum atomic E-state index is -0.323. The maximum atomic E-state index is 13.4. The van der Waals surface area contributed by atoms with E-state index < -0.39 is 0 Å². The van der Waals surface area contributed by atoms with Gasteiger partial charge in [0.1, 0.15) is 11.7 Å². The van der Waals surface area contributed by atoms with Gasteiger partial charge in [0.15, 0.2) is 0 Å². The molecule has 98 valence electrons. The van der Waals surface area contributed by atoms with Crippen LogP contribution in [0.5, 0.6) is 0 Å². The van der Waals surface area contributed by atoms with Gasteiger partial charge in [0.05, 0.1) is 0 Å². The molecule has 1 aliphatic rings. The molecule has 1 fully saturated rings. The predicted octanol–water partition coefficient (Wildman–Crippen LogP) is 2.34. The monoisotopic (exact) mass is 249 g/mol. The smallest absolute Gasteiger partial charge is 0.124 e. The predicted molar refractivity (Wildman–Crippen MR) is 71.1 cm³/mol. The zero-order chi connectivity index (χ0) is 13.3. The van der Waals surface area contributed by atoms with Crippen LogP contribution < -0.4 is 5.73 Å². The van der Waals surface area contributed by atoms with E-state index in [4.69, 9.17) is 11.1 Å². The molecule has 1 aromatic rings. The summed E-state index contributed by atoms with van der Waals surface area (Å²) in [7, 11) is 0. The molecule has 3 N–H and O–H groups in total. The highest BCUT2D eigenvalue weighted by Crippen LogP contribution is 2.29. The fourth-order valence-corrected chi connectivity index (χ4v) is 2.51. The van der Waals surface area contributed by atoms with Gasteiger partial charge in [-0.15, -0.1) is 0 Å². The van der Waals surface area contributed by atoms with Crippen LogP contribution in [0.15, 0.2) is 18.2 Å². The molecule has 0 bridgehead atoms. The second kappa shape index (κ2) is 4.69. The van der Waals surface area contributed by atoms with Gasteiger partial charge in [-0.25, -0.2) is 4.39 Å².